The van der Waals surface area contributed by atoms with E-state index in [9.17, 15) is 13.2 Å². The standard InChI is InChI=1S/C19H15F3N2OS/c1-2-15-10-18(25-17-7-6-14(21)9-16(17)22)24-19(23-15)26-11-12-4-3-5-13(20)8-12/h3-10H,2,11H2,1H3. The van der Waals surface area contributed by atoms with E-state index >= 15 is 0 Å². The van der Waals surface area contributed by atoms with Crippen LogP contribution >= 0.6 is 11.8 Å². The van der Waals surface area contributed by atoms with Crippen molar-refractivity contribution < 1.29 is 17.9 Å². The fraction of sp³-hybridized carbons (Fsp3) is 0.158. The first-order valence-electron chi connectivity index (χ1n) is 7.91. The molecular formula is C19H15F3N2OS. The van der Waals surface area contributed by atoms with Gasteiger partial charge in [0.15, 0.2) is 16.7 Å². The molecule has 0 bridgehead atoms. The number of rotatable bonds is 6. The van der Waals surface area contributed by atoms with Gasteiger partial charge in [0.25, 0.3) is 0 Å². The third-order valence-corrected chi connectivity index (χ3v) is 4.38. The maximum absolute atomic E-state index is 13.8. The van der Waals surface area contributed by atoms with Gasteiger partial charge < -0.3 is 4.74 Å². The molecule has 1 heterocycles. The number of aryl methyl sites for hydroxylation is 1. The van der Waals surface area contributed by atoms with Gasteiger partial charge in [-0.3, -0.25) is 0 Å². The van der Waals surface area contributed by atoms with Crippen molar-refractivity contribution in [3.05, 3.63) is 77.2 Å². The third kappa shape index (κ3) is 4.76. The van der Waals surface area contributed by atoms with E-state index in [1.54, 1.807) is 12.1 Å². The minimum absolute atomic E-state index is 0.117. The van der Waals surface area contributed by atoms with Gasteiger partial charge in [-0.2, -0.15) is 4.98 Å². The summed E-state index contributed by atoms with van der Waals surface area (Å²) in [4.78, 5) is 8.65. The molecule has 0 unspecified atom stereocenters. The van der Waals surface area contributed by atoms with Crippen LogP contribution in [0.25, 0.3) is 0 Å². The maximum atomic E-state index is 13.8. The van der Waals surface area contributed by atoms with Crippen LogP contribution in [0.3, 0.4) is 0 Å². The number of nitrogens with zero attached hydrogens (tertiary/aromatic N) is 2. The molecule has 3 nitrogen and oxygen atoms in total. The number of thioether (sulfide) groups is 1. The number of halogens is 3. The second kappa shape index (κ2) is 8.23. The van der Waals surface area contributed by atoms with Crippen LogP contribution in [0.15, 0.2) is 53.7 Å². The highest BCUT2D eigenvalue weighted by Gasteiger charge is 2.11. The second-order valence-corrected chi connectivity index (χ2v) is 6.37. The van der Waals surface area contributed by atoms with E-state index in [-0.39, 0.29) is 17.4 Å². The molecule has 3 rings (SSSR count). The van der Waals surface area contributed by atoms with Crippen molar-refractivity contribution in [3.63, 3.8) is 0 Å². The van der Waals surface area contributed by atoms with E-state index < -0.39 is 11.6 Å². The predicted octanol–water partition coefficient (Wildman–Crippen LogP) is 5.54. The molecule has 0 N–H and O–H groups in total. The lowest BCUT2D eigenvalue weighted by Crippen LogP contribution is -1.98. The van der Waals surface area contributed by atoms with Crippen molar-refractivity contribution in [2.45, 2.75) is 24.3 Å². The smallest absolute Gasteiger partial charge is 0.223 e. The van der Waals surface area contributed by atoms with Crippen molar-refractivity contribution in [1.29, 1.82) is 0 Å². The Bertz CT molecular complexity index is 921. The topological polar surface area (TPSA) is 35.0 Å². The van der Waals surface area contributed by atoms with E-state index in [4.69, 9.17) is 4.74 Å². The molecule has 26 heavy (non-hydrogen) atoms. The molecule has 0 aliphatic carbocycles. The Kier molecular flexibility index (Phi) is 5.78. The van der Waals surface area contributed by atoms with Crippen LogP contribution in [0.2, 0.25) is 0 Å². The van der Waals surface area contributed by atoms with Gasteiger partial charge in [0.2, 0.25) is 5.88 Å². The number of aromatic nitrogens is 2. The summed E-state index contributed by atoms with van der Waals surface area (Å²) in [6, 6.07) is 10.9. The van der Waals surface area contributed by atoms with E-state index in [0.29, 0.717) is 17.3 Å². The Labute approximate surface area is 153 Å². The first kappa shape index (κ1) is 18.3. The van der Waals surface area contributed by atoms with Gasteiger partial charge in [-0.25, -0.2) is 18.2 Å². The van der Waals surface area contributed by atoms with Gasteiger partial charge in [-0.05, 0) is 36.2 Å². The molecule has 134 valence electrons. The minimum atomic E-state index is -0.810. The van der Waals surface area contributed by atoms with Crippen LogP contribution < -0.4 is 4.74 Å². The van der Waals surface area contributed by atoms with Crippen LogP contribution in [0, 0.1) is 17.5 Å². The molecule has 7 heteroatoms. The summed E-state index contributed by atoms with van der Waals surface area (Å²) in [7, 11) is 0. The minimum Gasteiger partial charge on any atom is -0.436 e. The van der Waals surface area contributed by atoms with Crippen molar-refractivity contribution in [2.24, 2.45) is 0 Å². The maximum Gasteiger partial charge on any atom is 0.223 e. The van der Waals surface area contributed by atoms with E-state index in [1.807, 2.05) is 13.0 Å². The molecule has 0 fully saturated rings. The number of hydrogen-bond acceptors (Lipinski definition) is 4. The summed E-state index contributed by atoms with van der Waals surface area (Å²) in [6.07, 6.45) is 0.637. The molecule has 0 spiro atoms. The first-order chi connectivity index (χ1) is 12.5. The fourth-order valence-corrected chi connectivity index (χ4v) is 3.00. The molecule has 0 aliphatic rings. The van der Waals surface area contributed by atoms with Crippen LogP contribution in [-0.2, 0) is 12.2 Å². The quantitative estimate of drug-likeness (QED) is 0.418. The lowest BCUT2D eigenvalue weighted by atomic mass is 10.2. The highest BCUT2D eigenvalue weighted by molar-refractivity contribution is 7.98. The lowest BCUT2D eigenvalue weighted by Gasteiger charge is -2.09. The van der Waals surface area contributed by atoms with Gasteiger partial charge in [-0.15, -0.1) is 0 Å². The largest absolute Gasteiger partial charge is 0.436 e. The van der Waals surface area contributed by atoms with Gasteiger partial charge in [-0.1, -0.05) is 30.8 Å². The van der Waals surface area contributed by atoms with E-state index in [2.05, 4.69) is 9.97 Å². The first-order valence-corrected chi connectivity index (χ1v) is 8.90. The molecule has 0 amide bonds. The Morgan fingerprint density at radius 3 is 2.50 bits per heavy atom. The zero-order chi connectivity index (χ0) is 18.5. The lowest BCUT2D eigenvalue weighted by molar-refractivity contribution is 0.417. The van der Waals surface area contributed by atoms with Gasteiger partial charge in [0.05, 0.1) is 0 Å². The Morgan fingerprint density at radius 1 is 0.962 bits per heavy atom. The molecule has 0 atom stereocenters. The Balaban J connectivity index is 1.79. The SMILES string of the molecule is CCc1cc(Oc2ccc(F)cc2F)nc(SCc2cccc(F)c2)n1. The van der Waals surface area contributed by atoms with E-state index in [1.165, 1.54) is 30.0 Å². The number of benzene rings is 2. The van der Waals surface area contributed by atoms with Crippen molar-refractivity contribution in [1.82, 2.24) is 9.97 Å². The molecule has 2 aromatic carbocycles. The molecule has 0 saturated heterocycles. The fourth-order valence-electron chi connectivity index (χ4n) is 2.19. The number of ether oxygens (including phenoxy) is 1. The van der Waals surface area contributed by atoms with Gasteiger partial charge in [0.1, 0.15) is 11.6 Å². The van der Waals surface area contributed by atoms with E-state index in [0.717, 1.165) is 23.4 Å². The summed E-state index contributed by atoms with van der Waals surface area (Å²) in [5.74, 6) is -1.26. The van der Waals surface area contributed by atoms with Crippen molar-refractivity contribution >= 4 is 11.8 Å². The molecular weight excluding hydrogens is 361 g/mol. The Morgan fingerprint density at radius 2 is 1.77 bits per heavy atom. The zero-order valence-electron chi connectivity index (χ0n) is 13.9. The van der Waals surface area contributed by atoms with Crippen LogP contribution in [-0.4, -0.2) is 9.97 Å². The number of hydrogen-bond donors (Lipinski definition) is 0. The average Bonchev–Trinajstić information content (AvgIpc) is 2.62. The zero-order valence-corrected chi connectivity index (χ0v) is 14.7. The molecule has 3 aromatic rings. The summed E-state index contributed by atoms with van der Waals surface area (Å²) < 4.78 is 45.5. The highest BCUT2D eigenvalue weighted by atomic mass is 32.2. The molecule has 0 radical (unpaired) electrons. The summed E-state index contributed by atoms with van der Waals surface area (Å²) in [5.41, 5.74) is 1.52. The summed E-state index contributed by atoms with van der Waals surface area (Å²) in [6.45, 7) is 1.92. The van der Waals surface area contributed by atoms with Crippen molar-refractivity contribution in [3.8, 4) is 11.6 Å². The predicted molar refractivity (Wildman–Crippen MR) is 93.8 cm³/mol. The van der Waals surface area contributed by atoms with Gasteiger partial charge >= 0.3 is 0 Å². The molecule has 0 aliphatic heterocycles. The average molecular weight is 376 g/mol. The molecule has 0 saturated carbocycles. The van der Waals surface area contributed by atoms with Crippen LogP contribution in [0.4, 0.5) is 13.2 Å². The van der Waals surface area contributed by atoms with Crippen LogP contribution in [0.5, 0.6) is 11.6 Å². The normalized spacial score (nSPS) is 10.8. The Hall–Kier alpha value is -2.54. The van der Waals surface area contributed by atoms with Crippen molar-refractivity contribution in [2.75, 3.05) is 0 Å². The highest BCUT2D eigenvalue weighted by Crippen LogP contribution is 2.27. The summed E-state index contributed by atoms with van der Waals surface area (Å²) in [5, 5.41) is 0.436. The monoisotopic (exact) mass is 376 g/mol. The molecule has 1 aromatic heterocycles. The third-order valence-electron chi connectivity index (χ3n) is 3.46. The van der Waals surface area contributed by atoms with Gasteiger partial charge in [0, 0.05) is 23.6 Å². The summed E-state index contributed by atoms with van der Waals surface area (Å²) >= 11 is 1.32. The second-order valence-electron chi connectivity index (χ2n) is 5.43. The van der Waals surface area contributed by atoms with Crippen LogP contribution in [0.1, 0.15) is 18.2 Å².